The van der Waals surface area contributed by atoms with Crippen molar-refractivity contribution in [3.05, 3.63) is 10.4 Å². The van der Waals surface area contributed by atoms with Crippen molar-refractivity contribution >= 4 is 23.4 Å². The molecule has 1 amide bonds. The van der Waals surface area contributed by atoms with E-state index in [4.69, 9.17) is 0 Å². The van der Waals surface area contributed by atoms with Gasteiger partial charge in [-0.15, -0.1) is 0 Å². The lowest BCUT2D eigenvalue weighted by molar-refractivity contribution is -0.274. The predicted molar refractivity (Wildman–Crippen MR) is 53.0 cm³/mol. The van der Waals surface area contributed by atoms with Crippen LogP contribution in [-0.4, -0.2) is 21.2 Å². The zero-order valence-electron chi connectivity index (χ0n) is 7.94. The van der Waals surface area contributed by atoms with Crippen LogP contribution in [0.25, 0.3) is 0 Å². The van der Waals surface area contributed by atoms with Gasteiger partial charge in [0, 0.05) is 25.1 Å². The average Bonchev–Trinajstić information content (AvgIpc) is 2.59. The van der Waals surface area contributed by atoms with E-state index in [1.54, 1.807) is 0 Å². The van der Waals surface area contributed by atoms with E-state index in [2.05, 4.69) is 10.3 Å². The number of nitrogens with zero attached hydrogens (tertiary/aromatic N) is 2. The third-order valence-electron chi connectivity index (χ3n) is 1.95. The summed E-state index contributed by atoms with van der Waals surface area (Å²) in [6.45, 7) is 1.77. The number of rotatable bonds is 1. The minimum Gasteiger partial charge on any atom is -0.857 e. The second-order valence-electron chi connectivity index (χ2n) is 3.06. The highest BCUT2D eigenvalue weighted by molar-refractivity contribution is 7.99. The van der Waals surface area contributed by atoms with Gasteiger partial charge in [0.15, 0.2) is 5.16 Å². The number of anilines is 1. The van der Waals surface area contributed by atoms with E-state index in [1.165, 1.54) is 23.3 Å². The standard InChI is InChI=1S/C8H9N3O3S/c1-4(12)9-5-6(13)10-8-11(7(5)14)2-3-15-8/h13H,2-3H2,1H3,(H,9,12)/p-1. The van der Waals surface area contributed by atoms with Crippen molar-refractivity contribution in [1.82, 2.24) is 9.55 Å². The molecule has 1 aromatic heterocycles. The minimum absolute atomic E-state index is 0.256. The Labute approximate surface area is 89.3 Å². The van der Waals surface area contributed by atoms with E-state index >= 15 is 0 Å². The maximum absolute atomic E-state index is 11.7. The van der Waals surface area contributed by atoms with Crippen molar-refractivity contribution in [2.75, 3.05) is 11.1 Å². The Bertz CT molecular complexity index is 483. The van der Waals surface area contributed by atoms with Gasteiger partial charge in [0.1, 0.15) is 5.69 Å². The SMILES string of the molecule is CC(=O)Nc1c([O-])nc2n(c1=O)CCS2. The quantitative estimate of drug-likeness (QED) is 0.645. The summed E-state index contributed by atoms with van der Waals surface area (Å²) in [5.41, 5.74) is -0.723. The smallest absolute Gasteiger partial charge is 0.277 e. The second-order valence-corrected chi connectivity index (χ2v) is 4.12. The molecule has 6 nitrogen and oxygen atoms in total. The lowest BCUT2D eigenvalue weighted by Crippen LogP contribution is -2.27. The largest absolute Gasteiger partial charge is 0.857 e. The van der Waals surface area contributed by atoms with Gasteiger partial charge in [-0.3, -0.25) is 14.2 Å². The van der Waals surface area contributed by atoms with Crippen molar-refractivity contribution in [2.24, 2.45) is 0 Å². The molecule has 0 fully saturated rings. The number of hydrogen-bond acceptors (Lipinski definition) is 5. The molecule has 0 bridgehead atoms. The fraction of sp³-hybridized carbons (Fsp3) is 0.375. The van der Waals surface area contributed by atoms with Crippen LogP contribution in [0.5, 0.6) is 5.88 Å². The summed E-state index contributed by atoms with van der Waals surface area (Å²) < 4.78 is 1.40. The number of fused-ring (bicyclic) bond motifs is 1. The van der Waals surface area contributed by atoms with Crippen LogP contribution in [0.3, 0.4) is 0 Å². The van der Waals surface area contributed by atoms with E-state index in [0.29, 0.717) is 11.7 Å². The lowest BCUT2D eigenvalue weighted by atomic mass is 10.4. The summed E-state index contributed by atoms with van der Waals surface area (Å²) in [4.78, 5) is 26.2. The van der Waals surface area contributed by atoms with E-state index in [1.807, 2.05) is 0 Å². The molecular weight excluding hydrogens is 218 g/mol. The van der Waals surface area contributed by atoms with Crippen molar-refractivity contribution < 1.29 is 9.90 Å². The van der Waals surface area contributed by atoms with Crippen LogP contribution >= 0.6 is 11.8 Å². The second kappa shape index (κ2) is 3.58. The highest BCUT2D eigenvalue weighted by Crippen LogP contribution is 2.25. The molecule has 0 atom stereocenters. The first-order valence-electron chi connectivity index (χ1n) is 4.32. The fourth-order valence-electron chi connectivity index (χ4n) is 1.33. The molecule has 2 rings (SSSR count). The molecule has 1 aliphatic heterocycles. The summed E-state index contributed by atoms with van der Waals surface area (Å²) in [5, 5.41) is 14.0. The summed E-state index contributed by atoms with van der Waals surface area (Å²) in [7, 11) is 0. The highest BCUT2D eigenvalue weighted by Gasteiger charge is 2.17. The number of amides is 1. The molecule has 0 saturated carbocycles. The van der Waals surface area contributed by atoms with E-state index < -0.39 is 17.3 Å². The number of nitrogens with one attached hydrogen (secondary N) is 1. The first kappa shape index (κ1) is 10.0. The van der Waals surface area contributed by atoms with Crippen LogP contribution in [0.2, 0.25) is 0 Å². The number of carbonyl (C=O) groups is 1. The van der Waals surface area contributed by atoms with Crippen LogP contribution in [0.15, 0.2) is 9.95 Å². The Balaban J connectivity index is 2.56. The summed E-state index contributed by atoms with van der Waals surface area (Å²) in [5.74, 6) is -0.390. The highest BCUT2D eigenvalue weighted by atomic mass is 32.2. The summed E-state index contributed by atoms with van der Waals surface area (Å²) >= 11 is 1.36. The number of hydrogen-bond donors (Lipinski definition) is 1. The van der Waals surface area contributed by atoms with Crippen molar-refractivity contribution in [1.29, 1.82) is 0 Å². The molecule has 80 valence electrons. The Morgan fingerprint density at radius 2 is 2.40 bits per heavy atom. The first-order chi connectivity index (χ1) is 7.09. The van der Waals surface area contributed by atoms with Crippen molar-refractivity contribution in [3.8, 4) is 5.88 Å². The molecular formula is C8H8N3O3S-. The van der Waals surface area contributed by atoms with Gasteiger partial charge in [-0.25, -0.2) is 4.98 Å². The maximum Gasteiger partial charge on any atom is 0.277 e. The van der Waals surface area contributed by atoms with Crippen molar-refractivity contribution in [2.45, 2.75) is 18.6 Å². The minimum atomic E-state index is -0.671. The van der Waals surface area contributed by atoms with Gasteiger partial charge >= 0.3 is 0 Å². The van der Waals surface area contributed by atoms with Crippen LogP contribution in [0.4, 0.5) is 5.69 Å². The molecule has 7 heteroatoms. The predicted octanol–water partition coefficient (Wildman–Crippen LogP) is -0.619. The summed E-state index contributed by atoms with van der Waals surface area (Å²) in [6.07, 6.45) is 0. The van der Waals surface area contributed by atoms with Gasteiger partial charge in [-0.1, -0.05) is 11.8 Å². The van der Waals surface area contributed by atoms with Crippen LogP contribution in [0, 0.1) is 0 Å². The normalized spacial score (nSPS) is 13.7. The molecule has 2 heterocycles. The van der Waals surface area contributed by atoms with E-state index in [0.717, 1.165) is 5.75 Å². The molecule has 0 unspecified atom stereocenters. The molecule has 1 aromatic rings. The van der Waals surface area contributed by atoms with E-state index in [9.17, 15) is 14.7 Å². The first-order valence-corrected chi connectivity index (χ1v) is 5.30. The van der Waals surface area contributed by atoms with E-state index in [-0.39, 0.29) is 5.69 Å². The van der Waals surface area contributed by atoms with Gasteiger partial charge in [0.2, 0.25) is 5.91 Å². The average molecular weight is 226 g/mol. The molecule has 0 radical (unpaired) electrons. The van der Waals surface area contributed by atoms with Gasteiger partial charge in [-0.2, -0.15) is 0 Å². The van der Waals surface area contributed by atoms with Crippen molar-refractivity contribution in [3.63, 3.8) is 0 Å². The van der Waals surface area contributed by atoms with Gasteiger partial charge < -0.3 is 10.4 Å². The number of aromatic nitrogens is 2. The lowest BCUT2D eigenvalue weighted by Gasteiger charge is -2.13. The Morgan fingerprint density at radius 1 is 1.67 bits per heavy atom. The summed E-state index contributed by atoms with van der Waals surface area (Å²) in [6, 6.07) is 0. The molecule has 0 aliphatic carbocycles. The van der Waals surface area contributed by atoms with Crippen LogP contribution in [0.1, 0.15) is 6.92 Å². The van der Waals surface area contributed by atoms with Gasteiger partial charge in [0.05, 0.1) is 0 Å². The number of carbonyl (C=O) groups excluding carboxylic acids is 1. The molecule has 0 spiro atoms. The molecule has 0 saturated heterocycles. The zero-order valence-corrected chi connectivity index (χ0v) is 8.76. The Kier molecular flexibility index (Phi) is 2.39. The third kappa shape index (κ3) is 1.70. The van der Waals surface area contributed by atoms with Crippen LogP contribution in [-0.2, 0) is 11.3 Å². The molecule has 15 heavy (non-hydrogen) atoms. The monoisotopic (exact) mass is 226 g/mol. The number of thioether (sulfide) groups is 1. The Hall–Kier alpha value is -1.50. The maximum atomic E-state index is 11.7. The third-order valence-corrected chi connectivity index (χ3v) is 2.90. The topological polar surface area (TPSA) is 87.0 Å². The molecule has 1 N–H and O–H groups in total. The zero-order chi connectivity index (χ0) is 11.0. The van der Waals surface area contributed by atoms with Crippen LogP contribution < -0.4 is 16.0 Å². The van der Waals surface area contributed by atoms with Gasteiger partial charge in [0.25, 0.3) is 5.56 Å². The molecule has 1 aliphatic rings. The Morgan fingerprint density at radius 3 is 3.07 bits per heavy atom. The molecule has 0 aromatic carbocycles. The fourth-order valence-corrected chi connectivity index (χ4v) is 2.27. The van der Waals surface area contributed by atoms with Gasteiger partial charge in [-0.05, 0) is 0 Å².